The number of nitrogens with zero attached hydrogens (tertiary/aromatic N) is 3. The Morgan fingerprint density at radius 3 is 2.27 bits per heavy atom. The minimum atomic E-state index is -0.102. The molecular formula is C56H56N4. The van der Waals surface area contributed by atoms with Crippen LogP contribution >= 0.6 is 0 Å². The van der Waals surface area contributed by atoms with E-state index in [1.54, 1.807) is 0 Å². The first-order valence-electron chi connectivity index (χ1n) is 22.5. The van der Waals surface area contributed by atoms with Gasteiger partial charge in [-0.2, -0.15) is 0 Å². The fourth-order valence-corrected chi connectivity index (χ4v) is 10.2. The zero-order valence-electron chi connectivity index (χ0n) is 34.7. The Labute approximate surface area is 357 Å². The van der Waals surface area contributed by atoms with Crippen LogP contribution in [0.15, 0.2) is 214 Å². The van der Waals surface area contributed by atoms with Gasteiger partial charge in [-0.05, 0) is 133 Å². The number of aliphatic imine (C=N–C) groups is 2. The van der Waals surface area contributed by atoms with Crippen molar-refractivity contribution in [3.8, 4) is 11.1 Å². The van der Waals surface area contributed by atoms with Crippen LogP contribution in [0.25, 0.3) is 11.1 Å². The molecule has 300 valence electrons. The zero-order valence-corrected chi connectivity index (χ0v) is 34.7. The van der Waals surface area contributed by atoms with E-state index in [1.165, 1.54) is 50.2 Å². The molecule has 0 saturated heterocycles. The van der Waals surface area contributed by atoms with E-state index in [4.69, 9.17) is 9.98 Å². The predicted octanol–water partition coefficient (Wildman–Crippen LogP) is 13.1. The molecule has 10 rings (SSSR count). The van der Waals surface area contributed by atoms with E-state index in [-0.39, 0.29) is 24.0 Å². The van der Waals surface area contributed by atoms with Crippen LogP contribution in [0, 0.1) is 17.8 Å². The van der Waals surface area contributed by atoms with Gasteiger partial charge in [0.2, 0.25) is 0 Å². The summed E-state index contributed by atoms with van der Waals surface area (Å²) in [6, 6.07) is 18.1. The van der Waals surface area contributed by atoms with Gasteiger partial charge in [0.15, 0.2) is 5.84 Å². The third-order valence-corrected chi connectivity index (χ3v) is 13.3. The van der Waals surface area contributed by atoms with E-state index in [0.717, 1.165) is 87.9 Å². The Balaban J connectivity index is 1.11. The van der Waals surface area contributed by atoms with Gasteiger partial charge < -0.3 is 10.2 Å². The number of hydrogen-bond donors (Lipinski definition) is 1. The van der Waals surface area contributed by atoms with E-state index >= 15 is 0 Å². The zero-order chi connectivity index (χ0) is 40.1. The molecule has 0 spiro atoms. The number of rotatable bonds is 8. The van der Waals surface area contributed by atoms with Crippen LogP contribution in [0.5, 0.6) is 0 Å². The Morgan fingerprint density at radius 2 is 1.48 bits per heavy atom. The SMILES string of the molecule is C1=CCC(C2=CCCC=C2)C(C2=CC(C3=NC(C4=CCCC=C4)=NC(C4C=CC=CC4)N3)C(N3/C=C\C(C4=CCCC=C4)=C/Cc4cc(-c5ccccc5)ccc43)CC2)=C1. The minimum Gasteiger partial charge on any atom is -0.351 e. The van der Waals surface area contributed by atoms with Gasteiger partial charge in [-0.15, -0.1) is 0 Å². The van der Waals surface area contributed by atoms with Crippen LogP contribution in [0.3, 0.4) is 0 Å². The smallest absolute Gasteiger partial charge is 0.158 e. The van der Waals surface area contributed by atoms with Gasteiger partial charge in [-0.1, -0.05) is 146 Å². The summed E-state index contributed by atoms with van der Waals surface area (Å²) in [4.78, 5) is 13.5. The number of fused-ring (bicyclic) bond motifs is 1. The summed E-state index contributed by atoms with van der Waals surface area (Å²) in [7, 11) is 0. The molecule has 1 N–H and O–H groups in total. The van der Waals surface area contributed by atoms with Crippen molar-refractivity contribution in [3.63, 3.8) is 0 Å². The van der Waals surface area contributed by atoms with E-state index in [9.17, 15) is 0 Å². The highest BCUT2D eigenvalue weighted by Crippen LogP contribution is 2.43. The number of amidine groups is 2. The quantitative estimate of drug-likeness (QED) is 0.290. The first-order chi connectivity index (χ1) is 29.7. The van der Waals surface area contributed by atoms with Gasteiger partial charge >= 0.3 is 0 Å². The van der Waals surface area contributed by atoms with E-state index in [1.807, 2.05) is 0 Å². The highest BCUT2D eigenvalue weighted by atomic mass is 15.2. The van der Waals surface area contributed by atoms with Crippen molar-refractivity contribution >= 4 is 17.4 Å². The first-order valence-corrected chi connectivity index (χ1v) is 22.5. The molecule has 8 aliphatic rings. The molecule has 0 radical (unpaired) electrons. The number of benzene rings is 2. The highest BCUT2D eigenvalue weighted by Gasteiger charge is 2.39. The molecule has 4 heteroatoms. The number of anilines is 1. The molecule has 0 fully saturated rings. The Bertz CT molecular complexity index is 2460. The van der Waals surface area contributed by atoms with Crippen LogP contribution in [0.1, 0.15) is 69.8 Å². The Kier molecular flexibility index (Phi) is 11.3. The second-order valence-electron chi connectivity index (χ2n) is 17.2. The lowest BCUT2D eigenvalue weighted by molar-refractivity contribution is 0.449. The Hall–Kier alpha value is -6.00. The standard InChI is InChI=1S/C56H56N4/c1-6-18-40(19-7-1)42-30-31-48-38-46(41-20-8-2-9-21-41)32-34-52(48)60(37-36-42)53-35-33-47(50-29-17-16-28-49(50)43-22-10-3-11-23-43)39-51(53)56-58-54(44-24-12-4-13-25-44)57-55(59-56)45-26-14-5-15-27-45/h2,4,6,8-10,12-14,16-24,26-27,29-30,32,34,36-39,44,49,51,53-54H,1,3,5,7,11,15,25,28,31,33,35H2,(H,57,58,59)/b37-36-,42-30+. The lowest BCUT2D eigenvalue weighted by Gasteiger charge is -2.42. The van der Waals surface area contributed by atoms with Crippen molar-refractivity contribution in [1.29, 1.82) is 0 Å². The molecule has 0 bridgehead atoms. The van der Waals surface area contributed by atoms with Crippen molar-refractivity contribution in [2.45, 2.75) is 82.8 Å². The molecule has 2 aromatic rings. The van der Waals surface area contributed by atoms with E-state index < -0.39 is 0 Å². The third-order valence-electron chi connectivity index (χ3n) is 13.3. The second-order valence-corrected chi connectivity index (χ2v) is 17.2. The molecule has 2 aromatic carbocycles. The monoisotopic (exact) mass is 784 g/mol. The normalized spacial score (nSPS) is 28.6. The van der Waals surface area contributed by atoms with Gasteiger partial charge in [0.25, 0.3) is 0 Å². The van der Waals surface area contributed by atoms with Crippen molar-refractivity contribution in [2.75, 3.05) is 4.90 Å². The van der Waals surface area contributed by atoms with Gasteiger partial charge in [-0.25, -0.2) is 9.98 Å². The molecule has 6 aliphatic carbocycles. The van der Waals surface area contributed by atoms with Crippen LogP contribution in [0.2, 0.25) is 0 Å². The molecular weight excluding hydrogens is 729 g/mol. The lowest BCUT2D eigenvalue weighted by atomic mass is 9.74. The number of hydrogen-bond acceptors (Lipinski definition) is 4. The largest absolute Gasteiger partial charge is 0.351 e. The summed E-state index contributed by atoms with van der Waals surface area (Å²) in [6.07, 6.45) is 58.2. The molecule has 5 atom stereocenters. The van der Waals surface area contributed by atoms with Crippen LogP contribution in [0.4, 0.5) is 5.69 Å². The van der Waals surface area contributed by atoms with Crippen LogP contribution < -0.4 is 10.2 Å². The predicted molar refractivity (Wildman–Crippen MR) is 253 cm³/mol. The minimum absolute atomic E-state index is 0.00619. The molecule has 0 aromatic heterocycles. The maximum Gasteiger partial charge on any atom is 0.158 e. The van der Waals surface area contributed by atoms with E-state index in [0.29, 0.717) is 5.92 Å². The third kappa shape index (κ3) is 8.13. The fourth-order valence-electron chi connectivity index (χ4n) is 10.2. The fraction of sp³-hybridized carbons (Fsp3) is 0.286. The van der Waals surface area contributed by atoms with Crippen molar-refractivity contribution in [1.82, 2.24) is 5.32 Å². The lowest BCUT2D eigenvalue weighted by Crippen LogP contribution is -2.52. The summed E-state index contributed by atoms with van der Waals surface area (Å²) in [5.41, 5.74) is 13.3. The average molecular weight is 785 g/mol. The molecule has 2 heterocycles. The molecule has 5 unspecified atom stereocenters. The number of nitrogens with one attached hydrogen (secondary N) is 1. The van der Waals surface area contributed by atoms with Gasteiger partial charge in [0, 0.05) is 35.3 Å². The van der Waals surface area contributed by atoms with Crippen LogP contribution in [-0.2, 0) is 6.42 Å². The summed E-state index contributed by atoms with van der Waals surface area (Å²) in [6.45, 7) is 0. The van der Waals surface area contributed by atoms with Gasteiger partial charge in [-0.3, -0.25) is 0 Å². The maximum atomic E-state index is 5.56. The van der Waals surface area contributed by atoms with E-state index in [2.05, 4.69) is 180 Å². The van der Waals surface area contributed by atoms with Crippen LogP contribution in [-0.4, -0.2) is 23.9 Å². The van der Waals surface area contributed by atoms with Gasteiger partial charge in [0.05, 0.1) is 5.92 Å². The highest BCUT2D eigenvalue weighted by molar-refractivity contribution is 6.10. The Morgan fingerprint density at radius 1 is 0.683 bits per heavy atom. The number of allylic oxidation sites excluding steroid dienone is 21. The molecule has 2 aliphatic heterocycles. The second kappa shape index (κ2) is 17.7. The topological polar surface area (TPSA) is 40.0 Å². The first kappa shape index (κ1) is 38.2. The molecule has 0 saturated carbocycles. The molecule has 60 heavy (non-hydrogen) atoms. The van der Waals surface area contributed by atoms with Gasteiger partial charge in [0.1, 0.15) is 12.0 Å². The van der Waals surface area contributed by atoms with Crippen molar-refractivity contribution < 1.29 is 0 Å². The van der Waals surface area contributed by atoms with Crippen molar-refractivity contribution in [2.24, 2.45) is 27.7 Å². The summed E-state index contributed by atoms with van der Waals surface area (Å²) in [5.74, 6) is 2.51. The maximum absolute atomic E-state index is 5.56. The molecule has 4 nitrogen and oxygen atoms in total. The summed E-state index contributed by atoms with van der Waals surface area (Å²) in [5, 5.41) is 4.02. The van der Waals surface area contributed by atoms with Crippen molar-refractivity contribution in [3.05, 3.63) is 209 Å². The average Bonchev–Trinajstić information content (AvgIpc) is 3.33. The molecule has 0 amide bonds. The summed E-state index contributed by atoms with van der Waals surface area (Å²) >= 11 is 0. The summed E-state index contributed by atoms with van der Waals surface area (Å²) < 4.78 is 0.